The highest BCUT2D eigenvalue weighted by atomic mass is 14.7. The van der Waals surface area contributed by atoms with E-state index in [1.807, 2.05) is 37.3 Å². The van der Waals surface area contributed by atoms with Gasteiger partial charge in [0.05, 0.1) is 5.84 Å². The molecular formula is C10H14N2. The van der Waals surface area contributed by atoms with Gasteiger partial charge in [-0.3, -0.25) is 5.41 Å². The number of nitrogens with one attached hydrogen (secondary N) is 1. The zero-order valence-corrected chi connectivity index (χ0v) is 7.25. The van der Waals surface area contributed by atoms with Crippen molar-refractivity contribution < 1.29 is 0 Å². The highest BCUT2D eigenvalue weighted by molar-refractivity contribution is 5.84. The van der Waals surface area contributed by atoms with Crippen molar-refractivity contribution in [2.45, 2.75) is 19.3 Å². The largest absolute Gasteiger partial charge is 0.387 e. The lowest BCUT2D eigenvalue weighted by molar-refractivity contribution is 0.830. The Kier molecular flexibility index (Phi) is 2.86. The SMILES string of the molecule is CC[C@H](C(=N)N)c1ccccc1. The average molecular weight is 162 g/mol. The second kappa shape index (κ2) is 3.90. The third kappa shape index (κ3) is 1.84. The van der Waals surface area contributed by atoms with Gasteiger partial charge in [0, 0.05) is 5.92 Å². The molecule has 0 saturated heterocycles. The van der Waals surface area contributed by atoms with E-state index in [0.29, 0.717) is 0 Å². The van der Waals surface area contributed by atoms with Gasteiger partial charge in [-0.05, 0) is 12.0 Å². The summed E-state index contributed by atoms with van der Waals surface area (Å²) >= 11 is 0. The van der Waals surface area contributed by atoms with Gasteiger partial charge in [0.15, 0.2) is 0 Å². The zero-order valence-electron chi connectivity index (χ0n) is 7.25. The first kappa shape index (κ1) is 8.78. The summed E-state index contributed by atoms with van der Waals surface area (Å²) in [5.41, 5.74) is 6.59. The third-order valence-electron chi connectivity index (χ3n) is 1.99. The summed E-state index contributed by atoms with van der Waals surface area (Å²) in [5, 5.41) is 7.37. The highest BCUT2D eigenvalue weighted by Gasteiger charge is 2.10. The van der Waals surface area contributed by atoms with E-state index in [1.54, 1.807) is 0 Å². The normalized spacial score (nSPS) is 12.4. The molecule has 3 N–H and O–H groups in total. The van der Waals surface area contributed by atoms with Crippen molar-refractivity contribution in [3.05, 3.63) is 35.9 Å². The van der Waals surface area contributed by atoms with E-state index in [1.165, 1.54) is 0 Å². The minimum atomic E-state index is 0.0891. The lowest BCUT2D eigenvalue weighted by Crippen LogP contribution is -2.19. The van der Waals surface area contributed by atoms with Crippen molar-refractivity contribution in [3.63, 3.8) is 0 Å². The van der Waals surface area contributed by atoms with Crippen LogP contribution in [0.1, 0.15) is 24.8 Å². The topological polar surface area (TPSA) is 49.9 Å². The fourth-order valence-corrected chi connectivity index (χ4v) is 1.32. The summed E-state index contributed by atoms with van der Waals surface area (Å²) in [7, 11) is 0. The molecule has 0 radical (unpaired) electrons. The zero-order chi connectivity index (χ0) is 8.97. The summed E-state index contributed by atoms with van der Waals surface area (Å²) in [6.45, 7) is 2.04. The Hall–Kier alpha value is -1.31. The lowest BCUT2D eigenvalue weighted by Gasteiger charge is -2.12. The number of hydrogen-bond donors (Lipinski definition) is 2. The van der Waals surface area contributed by atoms with Crippen molar-refractivity contribution in [2.24, 2.45) is 5.73 Å². The molecule has 0 aromatic heterocycles. The summed E-state index contributed by atoms with van der Waals surface area (Å²) in [6.07, 6.45) is 0.888. The van der Waals surface area contributed by atoms with E-state index in [4.69, 9.17) is 11.1 Å². The number of amidine groups is 1. The summed E-state index contributed by atoms with van der Waals surface area (Å²) in [6, 6.07) is 9.93. The van der Waals surface area contributed by atoms with Gasteiger partial charge in [0.1, 0.15) is 0 Å². The predicted molar refractivity (Wildman–Crippen MR) is 51.4 cm³/mol. The Bertz CT molecular complexity index is 254. The molecular weight excluding hydrogens is 148 g/mol. The molecule has 1 atom stereocenters. The van der Waals surface area contributed by atoms with Gasteiger partial charge < -0.3 is 5.73 Å². The predicted octanol–water partition coefficient (Wildman–Crippen LogP) is 2.12. The number of nitrogens with two attached hydrogens (primary N) is 1. The molecule has 0 saturated carbocycles. The van der Waals surface area contributed by atoms with Crippen LogP contribution < -0.4 is 5.73 Å². The summed E-state index contributed by atoms with van der Waals surface area (Å²) < 4.78 is 0. The molecule has 1 aromatic carbocycles. The molecule has 0 bridgehead atoms. The van der Waals surface area contributed by atoms with Crippen molar-refractivity contribution >= 4 is 5.84 Å². The van der Waals surface area contributed by atoms with Crippen LogP contribution in [-0.2, 0) is 0 Å². The first-order valence-corrected chi connectivity index (χ1v) is 4.14. The van der Waals surface area contributed by atoms with Gasteiger partial charge in [0.25, 0.3) is 0 Å². The molecule has 0 aliphatic heterocycles. The first-order chi connectivity index (χ1) is 5.75. The third-order valence-corrected chi connectivity index (χ3v) is 1.99. The van der Waals surface area contributed by atoms with E-state index in [-0.39, 0.29) is 11.8 Å². The number of benzene rings is 1. The molecule has 0 spiro atoms. The van der Waals surface area contributed by atoms with Crippen LogP contribution in [0.3, 0.4) is 0 Å². The second-order valence-electron chi connectivity index (χ2n) is 2.83. The Morgan fingerprint density at radius 3 is 2.42 bits per heavy atom. The van der Waals surface area contributed by atoms with Crippen molar-refractivity contribution in [3.8, 4) is 0 Å². The van der Waals surface area contributed by atoms with Crippen LogP contribution >= 0.6 is 0 Å². The van der Waals surface area contributed by atoms with Gasteiger partial charge in [-0.25, -0.2) is 0 Å². The van der Waals surface area contributed by atoms with Crippen LogP contribution in [0.25, 0.3) is 0 Å². The lowest BCUT2D eigenvalue weighted by atomic mass is 9.96. The fourth-order valence-electron chi connectivity index (χ4n) is 1.32. The van der Waals surface area contributed by atoms with Gasteiger partial charge >= 0.3 is 0 Å². The van der Waals surface area contributed by atoms with E-state index in [9.17, 15) is 0 Å². The van der Waals surface area contributed by atoms with Crippen LogP contribution in [0.2, 0.25) is 0 Å². The summed E-state index contributed by atoms with van der Waals surface area (Å²) in [5.74, 6) is 0.342. The monoisotopic (exact) mass is 162 g/mol. The maximum Gasteiger partial charge on any atom is 0.0981 e. The quantitative estimate of drug-likeness (QED) is 0.519. The Labute approximate surface area is 72.9 Å². The van der Waals surface area contributed by atoms with Crippen LogP contribution in [0.4, 0.5) is 0 Å². The van der Waals surface area contributed by atoms with Crippen LogP contribution in [0.5, 0.6) is 0 Å². The molecule has 12 heavy (non-hydrogen) atoms. The molecule has 0 heterocycles. The van der Waals surface area contributed by atoms with Crippen molar-refractivity contribution in [1.29, 1.82) is 5.41 Å². The van der Waals surface area contributed by atoms with Gasteiger partial charge in [-0.1, -0.05) is 37.3 Å². The number of hydrogen-bond acceptors (Lipinski definition) is 1. The van der Waals surface area contributed by atoms with E-state index >= 15 is 0 Å². The number of rotatable bonds is 3. The summed E-state index contributed by atoms with van der Waals surface area (Å²) in [4.78, 5) is 0. The van der Waals surface area contributed by atoms with E-state index in [0.717, 1.165) is 12.0 Å². The maximum atomic E-state index is 7.37. The van der Waals surface area contributed by atoms with E-state index in [2.05, 4.69) is 0 Å². The average Bonchev–Trinajstić information content (AvgIpc) is 2.07. The smallest absolute Gasteiger partial charge is 0.0981 e. The van der Waals surface area contributed by atoms with Crippen molar-refractivity contribution in [2.75, 3.05) is 0 Å². The van der Waals surface area contributed by atoms with Crippen LogP contribution in [0, 0.1) is 5.41 Å². The molecule has 2 nitrogen and oxygen atoms in total. The van der Waals surface area contributed by atoms with Crippen LogP contribution in [0.15, 0.2) is 30.3 Å². The van der Waals surface area contributed by atoms with E-state index < -0.39 is 0 Å². The molecule has 0 aliphatic rings. The first-order valence-electron chi connectivity index (χ1n) is 4.14. The minimum Gasteiger partial charge on any atom is -0.387 e. The van der Waals surface area contributed by atoms with Gasteiger partial charge in [-0.2, -0.15) is 0 Å². The van der Waals surface area contributed by atoms with Crippen LogP contribution in [-0.4, -0.2) is 5.84 Å². The molecule has 0 unspecified atom stereocenters. The second-order valence-corrected chi connectivity index (χ2v) is 2.83. The Morgan fingerprint density at radius 2 is 2.00 bits per heavy atom. The fraction of sp³-hybridized carbons (Fsp3) is 0.300. The van der Waals surface area contributed by atoms with Gasteiger partial charge in [-0.15, -0.1) is 0 Å². The van der Waals surface area contributed by atoms with Gasteiger partial charge in [0.2, 0.25) is 0 Å². The minimum absolute atomic E-state index is 0.0891. The standard InChI is InChI=1S/C10H14N2/c1-2-9(10(11)12)8-6-4-3-5-7-8/h3-7,9H,2H2,1H3,(H3,11,12)/t9-/m0/s1. The molecule has 64 valence electrons. The molecule has 0 aliphatic carbocycles. The van der Waals surface area contributed by atoms with Crippen molar-refractivity contribution in [1.82, 2.24) is 0 Å². The highest BCUT2D eigenvalue weighted by Crippen LogP contribution is 2.17. The molecule has 1 rings (SSSR count). The Balaban J connectivity index is 2.88. The molecule has 0 fully saturated rings. The maximum absolute atomic E-state index is 7.37. The Morgan fingerprint density at radius 1 is 1.42 bits per heavy atom. The molecule has 0 amide bonds. The molecule has 2 heteroatoms. The molecule has 1 aromatic rings.